The van der Waals surface area contributed by atoms with Gasteiger partial charge in [0, 0.05) is 0 Å². The summed E-state index contributed by atoms with van der Waals surface area (Å²) < 4.78 is 13.9. The summed E-state index contributed by atoms with van der Waals surface area (Å²) in [6.07, 6.45) is 0. The maximum atomic E-state index is 5.22. The number of rotatable bonds is 2. The quantitative estimate of drug-likeness (QED) is 0.791. The van der Waals surface area contributed by atoms with Crippen LogP contribution in [0.2, 0.25) is 0 Å². The molecule has 0 atom stereocenters. The Balaban J connectivity index is 2.51. The number of anilines is 1. The van der Waals surface area contributed by atoms with Crippen molar-refractivity contribution in [1.29, 1.82) is 0 Å². The van der Waals surface area contributed by atoms with Gasteiger partial charge in [0.1, 0.15) is 0 Å². The first-order valence-electron chi connectivity index (χ1n) is 3.86. The molecule has 1 heterocycles. The second-order valence-electron chi connectivity index (χ2n) is 2.58. The van der Waals surface area contributed by atoms with E-state index in [1.54, 1.807) is 14.2 Å². The van der Waals surface area contributed by atoms with Crippen LogP contribution >= 0.6 is 0 Å². The minimum atomic E-state index is -0.159. The van der Waals surface area contributed by atoms with Gasteiger partial charge in [-0.3, -0.25) is 0 Å². The van der Waals surface area contributed by atoms with Crippen molar-refractivity contribution in [2.75, 3.05) is 19.5 Å². The Morgan fingerprint density at radius 2 is 1.85 bits per heavy atom. The zero-order chi connectivity index (χ0) is 9.26. The van der Waals surface area contributed by atoms with Crippen molar-refractivity contribution < 1.29 is 9.47 Å². The number of ether oxygens (including phenoxy) is 2. The van der Waals surface area contributed by atoms with E-state index in [2.05, 4.69) is 15.6 Å². The molecule has 1 aliphatic heterocycles. The van der Waals surface area contributed by atoms with Crippen molar-refractivity contribution in [3.05, 3.63) is 12.1 Å². The topological polar surface area (TPSA) is 30.5 Å². The van der Waals surface area contributed by atoms with Crippen LogP contribution in [0.1, 0.15) is 0 Å². The van der Waals surface area contributed by atoms with E-state index < -0.39 is 0 Å². The van der Waals surface area contributed by atoms with E-state index in [-0.39, 0.29) is 20.5 Å². The molecule has 1 aromatic rings. The third-order valence-electron chi connectivity index (χ3n) is 1.89. The van der Waals surface area contributed by atoms with Crippen molar-refractivity contribution in [1.82, 2.24) is 0 Å². The summed E-state index contributed by atoms with van der Waals surface area (Å²) in [4.78, 5) is 0. The number of nitrogens with one attached hydrogen (secondary N) is 1. The fourth-order valence-corrected chi connectivity index (χ4v) is 3.32. The van der Waals surface area contributed by atoms with Gasteiger partial charge in [0.05, 0.1) is 0 Å². The van der Waals surface area contributed by atoms with Crippen LogP contribution in [0.4, 0.5) is 5.69 Å². The summed E-state index contributed by atoms with van der Waals surface area (Å²) in [5.74, 6) is 1.61. The molecule has 13 heavy (non-hydrogen) atoms. The number of hydrogen-bond donors (Lipinski definition) is 1. The Morgan fingerprint density at radius 3 is 2.54 bits per heavy atom. The Labute approximate surface area is 86.6 Å². The number of hydrogen-bond acceptors (Lipinski definition) is 3. The second kappa shape index (κ2) is 3.57. The van der Waals surface area contributed by atoms with Crippen LogP contribution in [-0.4, -0.2) is 38.8 Å². The van der Waals surface area contributed by atoms with Gasteiger partial charge in [-0.15, -0.1) is 0 Å². The summed E-state index contributed by atoms with van der Waals surface area (Å²) in [5.41, 5.74) is 1.17. The van der Waals surface area contributed by atoms with Crippen LogP contribution < -0.4 is 18.4 Å². The maximum absolute atomic E-state index is 5.22. The molecule has 0 spiro atoms. The molecular weight excluding hydrogens is 282 g/mol. The van der Waals surface area contributed by atoms with Gasteiger partial charge in [0.25, 0.3) is 0 Å². The van der Waals surface area contributed by atoms with Crippen LogP contribution in [0.25, 0.3) is 0 Å². The molecule has 0 amide bonds. The van der Waals surface area contributed by atoms with E-state index in [9.17, 15) is 0 Å². The van der Waals surface area contributed by atoms with Crippen LogP contribution in [-0.2, 0) is 0 Å². The standard InChI is InChI=1S/C9H10NO2Te/c1-11-7-3-6-9(13-5-10-6)4-8(7)12-2/h3-5,10H,1-2H3. The van der Waals surface area contributed by atoms with Gasteiger partial charge in [-0.2, -0.15) is 0 Å². The van der Waals surface area contributed by atoms with E-state index in [1.165, 1.54) is 9.30 Å². The second-order valence-corrected chi connectivity index (χ2v) is 5.18. The average molecular weight is 292 g/mol. The zero-order valence-electron chi connectivity index (χ0n) is 7.46. The molecule has 0 bridgehead atoms. The normalized spacial score (nSPS) is 12.2. The van der Waals surface area contributed by atoms with E-state index in [1.807, 2.05) is 6.07 Å². The number of methoxy groups -OCH3 is 2. The summed E-state index contributed by atoms with van der Waals surface area (Å²) >= 11 is -0.159. The van der Waals surface area contributed by atoms with Gasteiger partial charge in [-0.25, -0.2) is 0 Å². The van der Waals surface area contributed by atoms with Crippen LogP contribution in [0.15, 0.2) is 12.1 Å². The molecule has 4 heteroatoms. The fourth-order valence-electron chi connectivity index (χ4n) is 1.23. The summed E-state index contributed by atoms with van der Waals surface area (Å²) in [6.45, 7) is 0. The van der Waals surface area contributed by atoms with Crippen molar-refractivity contribution in [3.8, 4) is 11.5 Å². The van der Waals surface area contributed by atoms with Crippen LogP contribution in [0.5, 0.6) is 11.5 Å². The third-order valence-corrected chi connectivity index (χ3v) is 4.25. The van der Waals surface area contributed by atoms with Gasteiger partial charge in [0.2, 0.25) is 0 Å². The van der Waals surface area contributed by atoms with Crippen molar-refractivity contribution in [3.63, 3.8) is 0 Å². The van der Waals surface area contributed by atoms with Crippen LogP contribution in [0.3, 0.4) is 0 Å². The Hall–Kier alpha value is -0.720. The van der Waals surface area contributed by atoms with Gasteiger partial charge in [-0.1, -0.05) is 0 Å². The van der Waals surface area contributed by atoms with Crippen molar-refractivity contribution in [2.24, 2.45) is 0 Å². The first-order chi connectivity index (χ1) is 6.35. The van der Waals surface area contributed by atoms with Gasteiger partial charge in [0.15, 0.2) is 0 Å². The Kier molecular flexibility index (Phi) is 2.43. The van der Waals surface area contributed by atoms with Gasteiger partial charge < -0.3 is 0 Å². The Morgan fingerprint density at radius 1 is 1.15 bits per heavy atom. The predicted molar refractivity (Wildman–Crippen MR) is 54.6 cm³/mol. The van der Waals surface area contributed by atoms with Gasteiger partial charge >= 0.3 is 86.6 Å². The number of benzene rings is 1. The molecule has 69 valence electrons. The van der Waals surface area contributed by atoms with E-state index in [4.69, 9.17) is 9.47 Å². The van der Waals surface area contributed by atoms with Gasteiger partial charge in [-0.05, 0) is 0 Å². The molecule has 0 aromatic heterocycles. The molecule has 0 saturated heterocycles. The molecule has 0 aliphatic carbocycles. The van der Waals surface area contributed by atoms with Crippen LogP contribution in [0, 0.1) is 0 Å². The predicted octanol–water partition coefficient (Wildman–Crippen LogP) is 0.218. The molecule has 0 fully saturated rings. The molecule has 0 unspecified atom stereocenters. The van der Waals surface area contributed by atoms with Crippen molar-refractivity contribution in [2.45, 2.75) is 0 Å². The SMILES string of the molecule is COc1cc2c(cc1OC)[Te]=CN2. The van der Waals surface area contributed by atoms with E-state index >= 15 is 0 Å². The first-order valence-corrected chi connectivity index (χ1v) is 6.37. The molecule has 2 rings (SSSR count). The van der Waals surface area contributed by atoms with Crippen molar-refractivity contribution >= 4 is 33.9 Å². The Bertz CT molecular complexity index is 363. The molecule has 3 nitrogen and oxygen atoms in total. The summed E-state index contributed by atoms with van der Waals surface area (Å²) in [6, 6.07) is 4.05. The molecule has 1 aromatic carbocycles. The van der Waals surface area contributed by atoms with E-state index in [0.29, 0.717) is 0 Å². The third kappa shape index (κ3) is 1.52. The molecule has 1 N–H and O–H groups in total. The first kappa shape index (κ1) is 8.86. The molecule has 1 aliphatic rings. The molecule has 1 radical (unpaired) electrons. The monoisotopic (exact) mass is 294 g/mol. The molecule has 0 saturated carbocycles. The minimum absolute atomic E-state index is 0.159. The number of fused-ring (bicyclic) bond motifs is 1. The zero-order valence-corrected chi connectivity index (χ0v) is 9.79. The summed E-state index contributed by atoms with van der Waals surface area (Å²) in [7, 11) is 3.32. The van der Waals surface area contributed by atoms with E-state index in [0.717, 1.165) is 11.5 Å². The summed E-state index contributed by atoms with van der Waals surface area (Å²) in [5, 5.41) is 3.22. The average Bonchev–Trinajstić information content (AvgIpc) is 2.62. The molecular formula is C9H10NO2Te. The fraction of sp³-hybridized carbons (Fsp3) is 0.222.